The Morgan fingerprint density at radius 2 is 0.368 bits per heavy atom. The molecule has 0 radical (unpaired) electrons. The first-order valence-electron chi connectivity index (χ1n) is 23.1. The molecule has 11 aromatic carbocycles. The molecule has 0 aliphatic rings. The Morgan fingerprint density at radius 1 is 0.224 bits per heavy atom. The first-order chi connectivity index (χ1) is 35.6. The van der Waals surface area contributed by atoms with Crippen LogP contribution in [0.3, 0.4) is 0 Å². The van der Waals surface area contributed by atoms with Crippen LogP contribution in [-0.4, -0.2) is 47.8 Å². The number of benzene rings is 11. The summed E-state index contributed by atoms with van der Waals surface area (Å²) in [4.78, 5) is 0. The topological polar surface area (TPSA) is 58.2 Å². The molecule has 0 aromatic heterocycles. The van der Waals surface area contributed by atoms with Crippen LogP contribution in [0.4, 0.5) is 11.4 Å². The number of nitrogens with one attached hydrogen (secondary N) is 2. The summed E-state index contributed by atoms with van der Waals surface area (Å²) in [6.07, 6.45) is 0. The SMILES string of the molecule is O=P(Nc1ccc(NP(=O)(c2ccccc2)c2ccccc2)cc1)(c1ccccc1)c1ccccc1.[Cl-].[Cl-].[Sn+4].[Sn+4].[c-]1ccccc1.[c-]1ccccc1.[c-]1ccccc1.[c-]1ccccc1.[c-]1ccccc1.[c-]1ccccc1. The fourth-order valence-corrected chi connectivity index (χ4v) is 10.6. The normalized spacial score (nSPS) is 9.26. The molecule has 0 saturated heterocycles. The third-order valence-electron chi connectivity index (χ3n) is 9.58. The van der Waals surface area contributed by atoms with Gasteiger partial charge in [0.2, 0.25) is 14.6 Å². The molecular weight excluding hydrogens is 1220 g/mol. The predicted octanol–water partition coefficient (Wildman–Crippen LogP) is 8.54. The Labute approximate surface area is 498 Å². The van der Waals surface area contributed by atoms with E-state index >= 15 is 0 Å². The van der Waals surface area contributed by atoms with Gasteiger partial charge in [0.15, 0.2) is 0 Å². The summed E-state index contributed by atoms with van der Waals surface area (Å²) in [5.74, 6) is 0. The van der Waals surface area contributed by atoms with Gasteiger partial charge in [-0.3, -0.25) is 9.13 Å². The van der Waals surface area contributed by atoms with E-state index in [-0.39, 0.29) is 72.6 Å². The van der Waals surface area contributed by atoms with Crippen LogP contribution in [0, 0.1) is 36.4 Å². The van der Waals surface area contributed by atoms with Crippen molar-refractivity contribution in [2.45, 2.75) is 0 Å². The summed E-state index contributed by atoms with van der Waals surface area (Å²) in [7, 11) is -6.25. The van der Waals surface area contributed by atoms with Crippen LogP contribution in [0.25, 0.3) is 0 Å². The minimum absolute atomic E-state index is 0. The molecule has 0 amide bonds. The molecule has 374 valence electrons. The molecule has 0 saturated carbocycles. The van der Waals surface area contributed by atoms with Gasteiger partial charge in [0, 0.05) is 32.6 Å². The summed E-state index contributed by atoms with van der Waals surface area (Å²) >= 11 is 0. The molecule has 0 fully saturated rings. The quantitative estimate of drug-likeness (QED) is 0.0911. The number of rotatable bonds is 8. The molecule has 0 unspecified atom stereocenters. The van der Waals surface area contributed by atoms with Crippen LogP contribution < -0.4 is 56.2 Å². The number of anilines is 2. The third-order valence-corrected chi connectivity index (χ3v) is 14.8. The Balaban J connectivity index is 0.000000575. The van der Waals surface area contributed by atoms with Gasteiger partial charge in [-0.1, -0.05) is 72.8 Å². The summed E-state index contributed by atoms with van der Waals surface area (Å²) in [6.45, 7) is 0. The van der Waals surface area contributed by atoms with Crippen LogP contribution in [-0.2, 0) is 9.13 Å². The van der Waals surface area contributed by atoms with E-state index in [2.05, 4.69) is 46.6 Å². The maximum Gasteiger partial charge on any atom is 4.00 e. The van der Waals surface area contributed by atoms with Gasteiger partial charge >= 0.3 is 47.8 Å². The van der Waals surface area contributed by atoms with Gasteiger partial charge in [-0.25, -0.2) is 0 Å². The molecule has 0 bridgehead atoms. The fourth-order valence-electron chi connectivity index (χ4n) is 6.14. The molecule has 4 nitrogen and oxygen atoms in total. The van der Waals surface area contributed by atoms with Gasteiger partial charge in [-0.05, 0) is 72.8 Å². The number of hydrogen-bond acceptors (Lipinski definition) is 2. The summed E-state index contributed by atoms with van der Waals surface area (Å²) in [5, 5.41) is 9.53. The zero-order chi connectivity index (χ0) is 50.3. The standard InChI is InChI=1S/C30H26N2O2P2.6C6H5.2ClH.2Sn/c33-35(27-13-5-1-6-14-27,28-15-7-2-8-16-28)31-25-21-23-26(24-22-25)32-36(34,29-17-9-3-10-18-29)30-19-11-4-12-20-30;6*1-2-4-6-5-3-1;;;;/h1-24H,(H,31,33)(H,32,34);6*1-5H;2*1H;;/q;6*-1;;;2*+4/p-2. The molecule has 0 spiro atoms. The van der Waals surface area contributed by atoms with Crippen molar-refractivity contribution >= 4 is 95.0 Å². The second-order valence-electron chi connectivity index (χ2n) is 14.8. The molecule has 76 heavy (non-hydrogen) atoms. The van der Waals surface area contributed by atoms with Gasteiger partial charge in [0.05, 0.1) is 0 Å². The van der Waals surface area contributed by atoms with Crippen LogP contribution in [0.5, 0.6) is 0 Å². The van der Waals surface area contributed by atoms with Crippen LogP contribution in [0.15, 0.2) is 328 Å². The van der Waals surface area contributed by atoms with E-state index in [4.69, 9.17) is 0 Å². The van der Waals surface area contributed by atoms with Crippen LogP contribution >= 0.6 is 14.6 Å². The summed E-state index contributed by atoms with van der Waals surface area (Å²) in [5.41, 5.74) is 1.43. The van der Waals surface area contributed by atoms with Gasteiger partial charge in [-0.2, -0.15) is 218 Å². The Hall–Kier alpha value is -6.34. The van der Waals surface area contributed by atoms with Crippen molar-refractivity contribution in [2.75, 3.05) is 10.2 Å². The Morgan fingerprint density at radius 3 is 0.487 bits per heavy atom. The largest absolute Gasteiger partial charge is 4.00 e. The average molecular weight is 1280 g/mol. The maximum absolute atomic E-state index is 14.3. The molecule has 0 aliphatic heterocycles. The van der Waals surface area contributed by atoms with Crippen molar-refractivity contribution < 1.29 is 33.9 Å². The fraction of sp³-hybridized carbons (Fsp3) is 0. The van der Waals surface area contributed by atoms with Crippen LogP contribution in [0.2, 0.25) is 0 Å². The van der Waals surface area contributed by atoms with Gasteiger partial charge in [0.25, 0.3) is 0 Å². The monoisotopic (exact) mass is 1280 g/mol. The van der Waals surface area contributed by atoms with Crippen LogP contribution in [0.1, 0.15) is 0 Å². The molecule has 0 atom stereocenters. The zero-order valence-electron chi connectivity index (χ0n) is 41.6. The van der Waals surface area contributed by atoms with Crippen molar-refractivity contribution in [3.05, 3.63) is 364 Å². The molecule has 0 heterocycles. The van der Waals surface area contributed by atoms with Gasteiger partial charge in [0.1, 0.15) is 0 Å². The second-order valence-corrected chi connectivity index (χ2v) is 19.8. The summed E-state index contributed by atoms with van der Waals surface area (Å²) in [6, 6.07) is 120. The van der Waals surface area contributed by atoms with E-state index in [1.54, 1.807) is 0 Å². The first kappa shape index (κ1) is 67.7. The Bertz CT molecular complexity index is 2440. The third kappa shape index (κ3) is 26.9. The van der Waals surface area contributed by atoms with E-state index in [9.17, 15) is 9.13 Å². The van der Waals surface area contributed by atoms with Crippen molar-refractivity contribution in [1.82, 2.24) is 0 Å². The van der Waals surface area contributed by atoms with E-state index in [0.29, 0.717) is 11.4 Å². The molecular formula is C66H56Cl2N2O2P2Sn2. The van der Waals surface area contributed by atoms with Crippen molar-refractivity contribution in [1.29, 1.82) is 0 Å². The van der Waals surface area contributed by atoms with E-state index in [0.717, 1.165) is 21.2 Å². The molecule has 10 heteroatoms. The molecule has 0 aliphatic carbocycles. The number of hydrogen-bond donors (Lipinski definition) is 2. The smallest absolute Gasteiger partial charge is 1.00 e. The average Bonchev–Trinajstić information content (AvgIpc) is 3.50. The predicted molar refractivity (Wildman–Crippen MR) is 316 cm³/mol. The van der Waals surface area contributed by atoms with Crippen molar-refractivity contribution in [3.8, 4) is 0 Å². The summed E-state index contributed by atoms with van der Waals surface area (Å²) < 4.78 is 28.6. The first-order valence-corrected chi connectivity index (χ1v) is 26.5. The minimum atomic E-state index is -3.12. The van der Waals surface area contributed by atoms with Crippen molar-refractivity contribution in [2.24, 2.45) is 0 Å². The maximum atomic E-state index is 14.3. The zero-order valence-corrected chi connectivity index (χ0v) is 50.7. The molecule has 11 aromatic rings. The van der Waals surface area contributed by atoms with E-state index in [1.807, 2.05) is 328 Å². The minimum Gasteiger partial charge on any atom is -1.00 e. The molecule has 11 rings (SSSR count). The number of halogens is 2. The molecule has 2 N–H and O–H groups in total. The van der Waals surface area contributed by atoms with E-state index < -0.39 is 14.6 Å². The van der Waals surface area contributed by atoms with Gasteiger partial charge < -0.3 is 35.0 Å². The Kier molecular flexibility index (Phi) is 38.1. The van der Waals surface area contributed by atoms with Crippen molar-refractivity contribution in [3.63, 3.8) is 0 Å². The van der Waals surface area contributed by atoms with E-state index in [1.165, 1.54) is 0 Å². The van der Waals surface area contributed by atoms with Gasteiger partial charge in [-0.15, -0.1) is 0 Å². The second kappa shape index (κ2) is 42.8.